The summed E-state index contributed by atoms with van der Waals surface area (Å²) in [5.74, 6) is 0.142. The highest BCUT2D eigenvalue weighted by Gasteiger charge is 2.13. The first kappa shape index (κ1) is 23.9. The molecule has 3 rings (SSSR count). The second-order valence-electron chi connectivity index (χ2n) is 7.32. The number of carbonyl (C=O) groups excluding carboxylic acids is 2. The Bertz CT molecular complexity index is 1090. The smallest absolute Gasteiger partial charge is 0.257 e. The molecule has 0 heterocycles. The average Bonchev–Trinajstić information content (AvgIpc) is 2.84. The van der Waals surface area contributed by atoms with Crippen LogP contribution in [0.15, 0.2) is 78.9 Å². The molecule has 0 atom stereocenters. The zero-order chi connectivity index (χ0) is 23.5. The van der Waals surface area contributed by atoms with Crippen molar-refractivity contribution in [3.63, 3.8) is 0 Å². The van der Waals surface area contributed by atoms with Crippen LogP contribution in [0.5, 0.6) is 5.75 Å². The Morgan fingerprint density at radius 3 is 2.30 bits per heavy atom. The SMILES string of the molecule is CCCNC(=O)c1ccccc1NC(=S)NC(=O)c1ccc(OCCc2ccccc2)cc1. The van der Waals surface area contributed by atoms with Crippen LogP contribution in [0.3, 0.4) is 0 Å². The molecule has 0 aliphatic heterocycles. The predicted molar refractivity (Wildman–Crippen MR) is 135 cm³/mol. The molecular weight excluding hydrogens is 434 g/mol. The minimum Gasteiger partial charge on any atom is -0.493 e. The van der Waals surface area contributed by atoms with Crippen LogP contribution in [0.4, 0.5) is 5.69 Å². The predicted octanol–water partition coefficient (Wildman–Crippen LogP) is 4.57. The van der Waals surface area contributed by atoms with E-state index in [1.807, 2.05) is 25.1 Å². The molecule has 0 radical (unpaired) electrons. The highest BCUT2D eigenvalue weighted by atomic mass is 32.1. The van der Waals surface area contributed by atoms with Crippen LogP contribution >= 0.6 is 12.2 Å². The number of amides is 2. The van der Waals surface area contributed by atoms with Gasteiger partial charge in [0.2, 0.25) is 0 Å². The van der Waals surface area contributed by atoms with Gasteiger partial charge in [0.1, 0.15) is 5.75 Å². The lowest BCUT2D eigenvalue weighted by molar-refractivity contribution is 0.0952. The van der Waals surface area contributed by atoms with Gasteiger partial charge in [-0.3, -0.25) is 14.9 Å². The summed E-state index contributed by atoms with van der Waals surface area (Å²) in [6.45, 7) is 3.12. The molecular formula is C26H27N3O3S. The minimum atomic E-state index is -0.351. The molecule has 0 spiro atoms. The van der Waals surface area contributed by atoms with Crippen molar-refractivity contribution >= 4 is 34.8 Å². The number of rotatable bonds is 9. The Labute approximate surface area is 199 Å². The van der Waals surface area contributed by atoms with Gasteiger partial charge in [-0.15, -0.1) is 0 Å². The quantitative estimate of drug-likeness (QED) is 0.407. The van der Waals surface area contributed by atoms with E-state index in [2.05, 4.69) is 28.1 Å². The Kier molecular flexibility index (Phi) is 8.97. The molecule has 7 heteroatoms. The molecule has 3 aromatic carbocycles. The second-order valence-corrected chi connectivity index (χ2v) is 7.73. The number of benzene rings is 3. The average molecular weight is 462 g/mol. The van der Waals surface area contributed by atoms with E-state index in [-0.39, 0.29) is 16.9 Å². The standard InChI is InChI=1S/C26H27N3O3S/c1-2-17-27-25(31)22-10-6-7-11-23(22)28-26(33)29-24(30)20-12-14-21(15-13-20)32-18-16-19-8-4-3-5-9-19/h3-15H,2,16-18H2,1H3,(H,27,31)(H2,28,29,30,33). The molecule has 0 aliphatic carbocycles. The molecule has 0 saturated carbocycles. The summed E-state index contributed by atoms with van der Waals surface area (Å²) >= 11 is 5.28. The van der Waals surface area contributed by atoms with Gasteiger partial charge in [0.05, 0.1) is 17.9 Å². The molecule has 0 fully saturated rings. The Hall–Kier alpha value is -3.71. The fourth-order valence-corrected chi connectivity index (χ4v) is 3.29. The summed E-state index contributed by atoms with van der Waals surface area (Å²) in [5, 5.41) is 8.53. The van der Waals surface area contributed by atoms with Crippen molar-refractivity contribution < 1.29 is 14.3 Å². The highest BCUT2D eigenvalue weighted by molar-refractivity contribution is 7.80. The van der Waals surface area contributed by atoms with E-state index < -0.39 is 0 Å². The van der Waals surface area contributed by atoms with Crippen LogP contribution in [-0.4, -0.2) is 30.1 Å². The second kappa shape index (κ2) is 12.4. The molecule has 6 nitrogen and oxygen atoms in total. The topological polar surface area (TPSA) is 79.5 Å². The van der Waals surface area contributed by atoms with Gasteiger partial charge in [0, 0.05) is 18.5 Å². The lowest BCUT2D eigenvalue weighted by atomic mass is 10.1. The van der Waals surface area contributed by atoms with Crippen molar-refractivity contribution in [1.29, 1.82) is 0 Å². The van der Waals surface area contributed by atoms with Gasteiger partial charge in [0.15, 0.2) is 5.11 Å². The third-order valence-electron chi connectivity index (χ3n) is 4.80. The van der Waals surface area contributed by atoms with Crippen molar-refractivity contribution in [2.75, 3.05) is 18.5 Å². The monoisotopic (exact) mass is 461 g/mol. The number of para-hydroxylation sites is 1. The van der Waals surface area contributed by atoms with Gasteiger partial charge in [-0.2, -0.15) is 0 Å². The minimum absolute atomic E-state index is 0.110. The van der Waals surface area contributed by atoms with Crippen molar-refractivity contribution in [3.8, 4) is 5.75 Å². The van der Waals surface area contributed by atoms with E-state index in [1.165, 1.54) is 5.56 Å². The van der Waals surface area contributed by atoms with Crippen molar-refractivity contribution in [2.24, 2.45) is 0 Å². The Balaban J connectivity index is 1.52. The Morgan fingerprint density at radius 2 is 1.58 bits per heavy atom. The third kappa shape index (κ3) is 7.43. The van der Waals surface area contributed by atoms with E-state index in [0.717, 1.165) is 12.8 Å². The maximum Gasteiger partial charge on any atom is 0.257 e. The zero-order valence-corrected chi connectivity index (χ0v) is 19.3. The first-order chi connectivity index (χ1) is 16.1. The number of carbonyl (C=O) groups is 2. The number of hydrogen-bond acceptors (Lipinski definition) is 4. The zero-order valence-electron chi connectivity index (χ0n) is 18.5. The number of ether oxygens (including phenoxy) is 1. The van der Waals surface area contributed by atoms with Crippen LogP contribution < -0.4 is 20.7 Å². The van der Waals surface area contributed by atoms with E-state index in [9.17, 15) is 9.59 Å². The Morgan fingerprint density at radius 1 is 0.879 bits per heavy atom. The first-order valence-electron chi connectivity index (χ1n) is 10.8. The summed E-state index contributed by atoms with van der Waals surface area (Å²) in [6, 6.07) is 24.0. The number of hydrogen-bond donors (Lipinski definition) is 3. The van der Waals surface area contributed by atoms with Crippen LogP contribution in [0, 0.1) is 0 Å². The fourth-order valence-electron chi connectivity index (χ4n) is 3.09. The van der Waals surface area contributed by atoms with Crippen LogP contribution in [-0.2, 0) is 6.42 Å². The van der Waals surface area contributed by atoms with Gasteiger partial charge < -0.3 is 15.4 Å². The molecule has 0 saturated heterocycles. The van der Waals surface area contributed by atoms with Gasteiger partial charge >= 0.3 is 0 Å². The van der Waals surface area contributed by atoms with Crippen molar-refractivity contribution in [3.05, 3.63) is 95.6 Å². The molecule has 2 amide bonds. The first-order valence-corrected chi connectivity index (χ1v) is 11.2. The van der Waals surface area contributed by atoms with Gasteiger partial charge in [-0.25, -0.2) is 0 Å². The lowest BCUT2D eigenvalue weighted by Gasteiger charge is -2.13. The number of anilines is 1. The number of thiocarbonyl (C=S) groups is 1. The lowest BCUT2D eigenvalue weighted by Crippen LogP contribution is -2.35. The number of nitrogens with one attached hydrogen (secondary N) is 3. The van der Waals surface area contributed by atoms with Crippen LogP contribution in [0.2, 0.25) is 0 Å². The van der Waals surface area contributed by atoms with Crippen molar-refractivity contribution in [2.45, 2.75) is 19.8 Å². The van der Waals surface area contributed by atoms with Crippen LogP contribution in [0.1, 0.15) is 39.6 Å². The molecule has 0 aliphatic rings. The highest BCUT2D eigenvalue weighted by Crippen LogP contribution is 2.16. The normalized spacial score (nSPS) is 10.2. The molecule has 0 aromatic heterocycles. The summed E-state index contributed by atoms with van der Waals surface area (Å²) in [6.07, 6.45) is 1.65. The van der Waals surface area contributed by atoms with Gasteiger partial charge in [0.25, 0.3) is 11.8 Å². The molecule has 3 aromatic rings. The summed E-state index contributed by atoms with van der Waals surface area (Å²) in [4.78, 5) is 24.9. The van der Waals surface area contributed by atoms with E-state index in [4.69, 9.17) is 17.0 Å². The van der Waals surface area contributed by atoms with Gasteiger partial charge in [-0.05, 0) is 60.6 Å². The molecule has 0 bridgehead atoms. The largest absolute Gasteiger partial charge is 0.493 e. The molecule has 33 heavy (non-hydrogen) atoms. The van der Waals surface area contributed by atoms with E-state index in [1.54, 1.807) is 48.5 Å². The molecule has 170 valence electrons. The maximum absolute atomic E-state index is 12.6. The maximum atomic E-state index is 12.6. The summed E-state index contributed by atoms with van der Waals surface area (Å²) in [5.41, 5.74) is 2.64. The van der Waals surface area contributed by atoms with E-state index >= 15 is 0 Å². The van der Waals surface area contributed by atoms with Crippen LogP contribution in [0.25, 0.3) is 0 Å². The molecule has 3 N–H and O–H groups in total. The summed E-state index contributed by atoms with van der Waals surface area (Å²) < 4.78 is 5.76. The summed E-state index contributed by atoms with van der Waals surface area (Å²) in [7, 11) is 0. The van der Waals surface area contributed by atoms with E-state index in [0.29, 0.717) is 35.7 Å². The van der Waals surface area contributed by atoms with Gasteiger partial charge in [-0.1, -0.05) is 49.4 Å². The third-order valence-corrected chi connectivity index (χ3v) is 5.01. The fraction of sp³-hybridized carbons (Fsp3) is 0.192. The molecule has 0 unspecified atom stereocenters. The van der Waals surface area contributed by atoms with Crippen molar-refractivity contribution in [1.82, 2.24) is 10.6 Å².